The van der Waals surface area contributed by atoms with Crippen molar-refractivity contribution in [2.75, 3.05) is 0 Å². The second kappa shape index (κ2) is 13.7. The fourth-order valence-corrected chi connectivity index (χ4v) is 4.21. The standard InChI is InChI=1S/C28H35N5O8/c1-14(34)23(29)26(38)31-21(12-17-13-30-20-6-4-3-5-19(17)20)25(37)33-24(15(2)35)27(39)32-22(28(40)41)11-16-7-9-18(36)10-8-16/h3-10,13-15,21-24,30,34-36H,11-12,29H2,1-2H3,(H,31,38)(H,32,39)(H,33,37)(H,40,41). The number of carbonyl (C=O) groups excluding carboxylic acids is 3. The maximum atomic E-state index is 13.4. The van der Waals surface area contributed by atoms with Crippen LogP contribution in [0.15, 0.2) is 54.7 Å². The van der Waals surface area contributed by atoms with E-state index in [1.807, 2.05) is 24.3 Å². The molecule has 3 amide bonds. The van der Waals surface area contributed by atoms with Gasteiger partial charge in [-0.15, -0.1) is 0 Å². The Kier molecular flexibility index (Phi) is 10.4. The summed E-state index contributed by atoms with van der Waals surface area (Å²) in [7, 11) is 0. The quantitative estimate of drug-likeness (QED) is 0.126. The van der Waals surface area contributed by atoms with Crippen LogP contribution in [0.3, 0.4) is 0 Å². The van der Waals surface area contributed by atoms with E-state index in [0.29, 0.717) is 11.1 Å². The topological polar surface area (TPSA) is 227 Å². The number of aliphatic hydroxyl groups excluding tert-OH is 2. The van der Waals surface area contributed by atoms with E-state index in [2.05, 4.69) is 20.9 Å². The molecule has 10 N–H and O–H groups in total. The van der Waals surface area contributed by atoms with Gasteiger partial charge in [-0.25, -0.2) is 4.79 Å². The van der Waals surface area contributed by atoms with Crippen LogP contribution in [0.4, 0.5) is 0 Å². The summed E-state index contributed by atoms with van der Waals surface area (Å²) in [4.78, 5) is 54.1. The summed E-state index contributed by atoms with van der Waals surface area (Å²) in [5, 5.41) is 47.2. The van der Waals surface area contributed by atoms with Crippen molar-refractivity contribution in [3.63, 3.8) is 0 Å². The van der Waals surface area contributed by atoms with Gasteiger partial charge in [-0.05, 0) is 43.2 Å². The summed E-state index contributed by atoms with van der Waals surface area (Å²) in [6.07, 6.45) is -1.12. The van der Waals surface area contributed by atoms with Gasteiger partial charge in [0.1, 0.15) is 29.9 Å². The van der Waals surface area contributed by atoms with Crippen molar-refractivity contribution in [1.29, 1.82) is 0 Å². The highest BCUT2D eigenvalue weighted by atomic mass is 16.4. The van der Waals surface area contributed by atoms with Gasteiger partial charge < -0.3 is 47.1 Å². The maximum Gasteiger partial charge on any atom is 0.326 e. The van der Waals surface area contributed by atoms with E-state index in [-0.39, 0.29) is 18.6 Å². The van der Waals surface area contributed by atoms with Crippen LogP contribution in [0, 0.1) is 0 Å². The number of para-hydroxylation sites is 1. The first-order valence-corrected chi connectivity index (χ1v) is 13.0. The minimum Gasteiger partial charge on any atom is -0.508 e. The average molecular weight is 570 g/mol. The number of aromatic amines is 1. The van der Waals surface area contributed by atoms with Gasteiger partial charge in [0.05, 0.1) is 12.2 Å². The number of aromatic hydroxyl groups is 1. The molecule has 2 aromatic carbocycles. The van der Waals surface area contributed by atoms with Crippen LogP contribution < -0.4 is 21.7 Å². The lowest BCUT2D eigenvalue weighted by Gasteiger charge is -2.27. The Morgan fingerprint density at radius 1 is 0.829 bits per heavy atom. The number of hydrogen-bond donors (Lipinski definition) is 9. The largest absolute Gasteiger partial charge is 0.508 e. The normalized spacial score (nSPS) is 15.6. The van der Waals surface area contributed by atoms with E-state index in [4.69, 9.17) is 5.73 Å². The van der Waals surface area contributed by atoms with Gasteiger partial charge in [-0.1, -0.05) is 30.3 Å². The van der Waals surface area contributed by atoms with E-state index in [1.54, 1.807) is 6.20 Å². The highest BCUT2D eigenvalue weighted by molar-refractivity contribution is 5.95. The highest BCUT2D eigenvalue weighted by Crippen LogP contribution is 2.19. The average Bonchev–Trinajstić information content (AvgIpc) is 3.33. The van der Waals surface area contributed by atoms with Crippen molar-refractivity contribution in [3.8, 4) is 5.75 Å². The smallest absolute Gasteiger partial charge is 0.326 e. The number of carboxylic acid groups (broad SMARTS) is 1. The Bertz CT molecular complexity index is 1370. The minimum absolute atomic E-state index is 0.00905. The molecule has 220 valence electrons. The Morgan fingerprint density at radius 3 is 2.07 bits per heavy atom. The molecular weight excluding hydrogens is 534 g/mol. The zero-order valence-electron chi connectivity index (χ0n) is 22.6. The van der Waals surface area contributed by atoms with E-state index < -0.39 is 60.1 Å². The molecule has 0 bridgehead atoms. The fraction of sp³-hybridized carbons (Fsp3) is 0.357. The summed E-state index contributed by atoms with van der Waals surface area (Å²) >= 11 is 0. The van der Waals surface area contributed by atoms with Gasteiger partial charge in [-0.2, -0.15) is 0 Å². The van der Waals surface area contributed by atoms with E-state index >= 15 is 0 Å². The van der Waals surface area contributed by atoms with Crippen LogP contribution in [0.1, 0.15) is 25.0 Å². The number of rotatable bonds is 13. The summed E-state index contributed by atoms with van der Waals surface area (Å²) in [5.41, 5.74) is 7.73. The molecule has 0 radical (unpaired) electrons. The molecule has 6 unspecified atom stereocenters. The number of aliphatic carboxylic acids is 1. The van der Waals surface area contributed by atoms with Crippen LogP contribution in [-0.2, 0) is 32.0 Å². The van der Waals surface area contributed by atoms with E-state index in [9.17, 15) is 39.6 Å². The summed E-state index contributed by atoms with van der Waals surface area (Å²) in [5.74, 6) is -3.97. The van der Waals surface area contributed by atoms with Gasteiger partial charge in [0.15, 0.2) is 0 Å². The van der Waals surface area contributed by atoms with Crippen molar-refractivity contribution >= 4 is 34.6 Å². The number of carboxylic acids is 1. The van der Waals surface area contributed by atoms with Crippen LogP contribution in [0.2, 0.25) is 0 Å². The Balaban J connectivity index is 1.80. The second-order valence-electron chi connectivity index (χ2n) is 9.89. The number of benzene rings is 2. The predicted octanol–water partition coefficient (Wildman–Crippen LogP) is -0.713. The lowest BCUT2D eigenvalue weighted by molar-refractivity contribution is -0.143. The van der Waals surface area contributed by atoms with Gasteiger partial charge >= 0.3 is 5.97 Å². The maximum absolute atomic E-state index is 13.4. The number of hydrogen-bond acceptors (Lipinski definition) is 8. The number of nitrogens with one attached hydrogen (secondary N) is 4. The molecule has 6 atom stereocenters. The first-order chi connectivity index (χ1) is 19.4. The Morgan fingerprint density at radius 2 is 1.46 bits per heavy atom. The molecule has 13 heteroatoms. The summed E-state index contributed by atoms with van der Waals surface area (Å²) in [6, 6.07) is 7.46. The van der Waals surface area contributed by atoms with Crippen molar-refractivity contribution in [2.45, 2.75) is 63.1 Å². The summed E-state index contributed by atoms with van der Waals surface area (Å²) < 4.78 is 0. The zero-order chi connectivity index (χ0) is 30.3. The fourth-order valence-electron chi connectivity index (χ4n) is 4.21. The van der Waals surface area contributed by atoms with Crippen molar-refractivity contribution in [3.05, 3.63) is 65.9 Å². The molecule has 3 aromatic rings. The lowest BCUT2D eigenvalue weighted by Crippen LogP contribution is -2.61. The monoisotopic (exact) mass is 569 g/mol. The number of aliphatic hydroxyl groups is 2. The number of amides is 3. The number of H-pyrrole nitrogens is 1. The van der Waals surface area contributed by atoms with Gasteiger partial charge in [0, 0.05) is 29.9 Å². The number of carbonyl (C=O) groups is 4. The third-order valence-electron chi connectivity index (χ3n) is 6.61. The molecule has 1 heterocycles. The van der Waals surface area contributed by atoms with Crippen LogP contribution in [0.25, 0.3) is 10.9 Å². The third kappa shape index (κ3) is 8.27. The molecule has 0 saturated heterocycles. The Hall–Kier alpha value is -4.46. The highest BCUT2D eigenvalue weighted by Gasteiger charge is 2.33. The zero-order valence-corrected chi connectivity index (χ0v) is 22.6. The Labute approximate surface area is 235 Å². The van der Waals surface area contributed by atoms with Crippen molar-refractivity contribution < 1.29 is 39.6 Å². The van der Waals surface area contributed by atoms with Crippen LogP contribution in [-0.4, -0.2) is 85.5 Å². The van der Waals surface area contributed by atoms with Crippen molar-refractivity contribution in [1.82, 2.24) is 20.9 Å². The molecule has 0 aliphatic rings. The minimum atomic E-state index is -1.57. The number of phenolic OH excluding ortho intramolecular Hbond substituents is 1. The molecule has 41 heavy (non-hydrogen) atoms. The molecule has 13 nitrogen and oxygen atoms in total. The molecule has 1 aromatic heterocycles. The molecule has 3 rings (SSSR count). The molecule has 0 aliphatic carbocycles. The number of phenols is 1. The molecule has 0 fully saturated rings. The molecular formula is C28H35N5O8. The van der Waals surface area contributed by atoms with Gasteiger partial charge in [-0.3, -0.25) is 14.4 Å². The first kappa shape index (κ1) is 31.1. The SMILES string of the molecule is CC(O)C(N)C(=O)NC(Cc1c[nH]c2ccccc12)C(=O)NC(C(=O)NC(Cc1ccc(O)cc1)C(=O)O)C(C)O. The van der Waals surface area contributed by atoms with Crippen molar-refractivity contribution in [2.24, 2.45) is 5.73 Å². The van der Waals surface area contributed by atoms with Crippen LogP contribution in [0.5, 0.6) is 5.75 Å². The molecule has 0 aliphatic heterocycles. The van der Waals surface area contributed by atoms with Gasteiger partial charge in [0.25, 0.3) is 0 Å². The van der Waals surface area contributed by atoms with Gasteiger partial charge in [0.2, 0.25) is 17.7 Å². The predicted molar refractivity (Wildman–Crippen MR) is 149 cm³/mol. The van der Waals surface area contributed by atoms with Crippen LogP contribution >= 0.6 is 0 Å². The number of nitrogens with two attached hydrogens (primary N) is 1. The first-order valence-electron chi connectivity index (χ1n) is 13.0. The summed E-state index contributed by atoms with van der Waals surface area (Å²) in [6.45, 7) is 2.57. The number of aromatic nitrogens is 1. The van der Waals surface area contributed by atoms with E-state index in [0.717, 1.165) is 10.9 Å². The third-order valence-corrected chi connectivity index (χ3v) is 6.61. The van der Waals surface area contributed by atoms with E-state index in [1.165, 1.54) is 38.1 Å². The number of fused-ring (bicyclic) bond motifs is 1. The lowest BCUT2D eigenvalue weighted by atomic mass is 10.0. The molecule has 0 saturated carbocycles. The second-order valence-corrected chi connectivity index (χ2v) is 9.89. The molecule has 0 spiro atoms.